The number of piperazine rings is 1. The van der Waals surface area contributed by atoms with E-state index in [0.717, 1.165) is 43.2 Å². The van der Waals surface area contributed by atoms with Gasteiger partial charge in [0.2, 0.25) is 5.43 Å². The average Bonchev–Trinajstić information content (AvgIpc) is 3.08. The number of rotatable bonds is 11. The maximum Gasteiger partial charge on any atom is 0.224 e. The monoisotopic (exact) mass is 549 g/mol. The van der Waals surface area contributed by atoms with Crippen LogP contribution in [0.3, 0.4) is 0 Å². The van der Waals surface area contributed by atoms with Gasteiger partial charge in [-0.1, -0.05) is 62.4 Å². The van der Waals surface area contributed by atoms with Crippen molar-refractivity contribution in [2.75, 3.05) is 53.4 Å². The van der Waals surface area contributed by atoms with Gasteiger partial charge in [-0.25, -0.2) is 8.78 Å². The highest BCUT2D eigenvalue weighted by molar-refractivity contribution is 5.35. The molecule has 1 atom stereocenters. The maximum absolute atomic E-state index is 14.9. The smallest absolute Gasteiger partial charge is 0.224 e. The Kier molecular flexibility index (Phi) is 10.4. The van der Waals surface area contributed by atoms with Crippen LogP contribution in [-0.4, -0.2) is 68.1 Å². The summed E-state index contributed by atoms with van der Waals surface area (Å²) in [5.74, 6) is -0.432. The molecule has 1 aliphatic rings. The molecule has 1 fully saturated rings. The van der Waals surface area contributed by atoms with Gasteiger partial charge in [-0.2, -0.15) is 0 Å². The van der Waals surface area contributed by atoms with Crippen molar-refractivity contribution in [3.8, 4) is 5.75 Å². The zero-order chi connectivity index (χ0) is 28.6. The first-order valence-electron chi connectivity index (χ1n) is 14.1. The number of ether oxygens (including phenoxy) is 1. The summed E-state index contributed by atoms with van der Waals surface area (Å²) in [5, 5.41) is 0. The molecule has 0 aliphatic carbocycles. The highest BCUT2D eigenvalue weighted by Gasteiger charge is 2.29. The third-order valence-electron chi connectivity index (χ3n) is 7.50. The Morgan fingerprint density at radius 3 is 2.27 bits per heavy atom. The van der Waals surface area contributed by atoms with Crippen molar-refractivity contribution in [2.24, 2.45) is 0 Å². The Morgan fingerprint density at radius 1 is 0.900 bits per heavy atom. The molecule has 40 heavy (non-hydrogen) atoms. The zero-order valence-corrected chi connectivity index (χ0v) is 24.1. The summed E-state index contributed by atoms with van der Waals surface area (Å²) < 4.78 is 34.6. The Balaban J connectivity index is 1.50. The lowest BCUT2D eigenvalue weighted by Crippen LogP contribution is -2.47. The van der Waals surface area contributed by atoms with Crippen molar-refractivity contribution >= 4 is 0 Å². The van der Waals surface area contributed by atoms with Gasteiger partial charge in [0.1, 0.15) is 11.6 Å². The van der Waals surface area contributed by atoms with Crippen LogP contribution in [0.5, 0.6) is 5.75 Å². The number of hydrogen-bond donors (Lipinski definition) is 0. The summed E-state index contributed by atoms with van der Waals surface area (Å²) in [6.45, 7) is 8.96. The third kappa shape index (κ3) is 7.74. The van der Waals surface area contributed by atoms with E-state index in [0.29, 0.717) is 43.1 Å². The lowest BCUT2D eigenvalue weighted by molar-refractivity contribution is 0.103. The van der Waals surface area contributed by atoms with E-state index in [1.54, 1.807) is 6.07 Å². The summed E-state index contributed by atoms with van der Waals surface area (Å²) in [6, 6.07) is 19.2. The minimum atomic E-state index is -0.580. The second-order valence-electron chi connectivity index (χ2n) is 11.1. The first kappa shape index (κ1) is 29.8. The normalized spacial score (nSPS) is 15.5. The molecule has 0 radical (unpaired) electrons. The average molecular weight is 550 g/mol. The summed E-state index contributed by atoms with van der Waals surface area (Å²) in [7, 11) is 4.04. The van der Waals surface area contributed by atoms with E-state index in [-0.39, 0.29) is 17.4 Å². The van der Waals surface area contributed by atoms with Gasteiger partial charge in [0.15, 0.2) is 5.75 Å². The molecule has 1 heterocycles. The molecule has 3 aromatic carbocycles. The molecule has 0 spiro atoms. The van der Waals surface area contributed by atoms with E-state index in [1.807, 2.05) is 62.6 Å². The predicted molar refractivity (Wildman–Crippen MR) is 157 cm³/mol. The molecule has 5 nitrogen and oxygen atoms in total. The minimum absolute atomic E-state index is 0.0604. The summed E-state index contributed by atoms with van der Waals surface area (Å²) >= 11 is 0. The van der Waals surface area contributed by atoms with Gasteiger partial charge in [0.05, 0.1) is 12.6 Å². The van der Waals surface area contributed by atoms with Crippen LogP contribution < -0.4 is 10.2 Å². The summed E-state index contributed by atoms with van der Waals surface area (Å²) in [4.78, 5) is 20.1. The van der Waals surface area contributed by atoms with Crippen molar-refractivity contribution in [1.29, 1.82) is 0 Å². The van der Waals surface area contributed by atoms with Crippen molar-refractivity contribution in [2.45, 2.75) is 38.8 Å². The van der Waals surface area contributed by atoms with Crippen molar-refractivity contribution in [3.05, 3.63) is 111 Å². The van der Waals surface area contributed by atoms with E-state index in [1.165, 1.54) is 6.07 Å². The number of hydrogen-bond acceptors (Lipinski definition) is 5. The Hall–Kier alpha value is -3.13. The second-order valence-corrected chi connectivity index (χ2v) is 11.1. The molecule has 0 amide bonds. The third-order valence-corrected chi connectivity index (χ3v) is 7.50. The molecule has 0 N–H and O–H groups in total. The molecule has 1 unspecified atom stereocenters. The van der Waals surface area contributed by atoms with Gasteiger partial charge in [-0.15, -0.1) is 0 Å². The molecule has 0 aromatic heterocycles. The molecule has 4 rings (SSSR count). The van der Waals surface area contributed by atoms with Crippen LogP contribution in [0.2, 0.25) is 0 Å². The predicted octanol–water partition coefficient (Wildman–Crippen LogP) is 5.69. The van der Waals surface area contributed by atoms with E-state index in [4.69, 9.17) is 4.74 Å². The molecule has 1 aliphatic heterocycles. The fourth-order valence-electron chi connectivity index (χ4n) is 5.22. The summed E-state index contributed by atoms with van der Waals surface area (Å²) in [6.07, 6.45) is 0.844. The van der Waals surface area contributed by atoms with Gasteiger partial charge in [0, 0.05) is 56.5 Å². The van der Waals surface area contributed by atoms with Crippen molar-refractivity contribution in [3.63, 3.8) is 0 Å². The van der Waals surface area contributed by atoms with Crippen LogP contribution >= 0.6 is 0 Å². The molecule has 214 valence electrons. The molecule has 3 aromatic rings. The van der Waals surface area contributed by atoms with E-state index < -0.39 is 11.6 Å². The van der Waals surface area contributed by atoms with Crippen LogP contribution in [0.1, 0.15) is 54.5 Å². The summed E-state index contributed by atoms with van der Waals surface area (Å²) in [5.41, 5.74) is 3.16. The first-order valence-corrected chi connectivity index (χ1v) is 14.1. The van der Waals surface area contributed by atoms with E-state index >= 15 is 0 Å². The van der Waals surface area contributed by atoms with Crippen LogP contribution in [0.15, 0.2) is 71.5 Å². The van der Waals surface area contributed by atoms with Crippen LogP contribution in [0.4, 0.5) is 8.78 Å². The SMILES string of the molecule is CC(C)c1ccc(CN2CCN(C(c3ccccc3)c3ccc(F)cc3F)CC2)c(=O)c(OCCCN(C)C)c1. The van der Waals surface area contributed by atoms with E-state index in [9.17, 15) is 13.6 Å². The van der Waals surface area contributed by atoms with Gasteiger partial charge < -0.3 is 9.64 Å². The van der Waals surface area contributed by atoms with Crippen molar-refractivity contribution in [1.82, 2.24) is 14.7 Å². The van der Waals surface area contributed by atoms with E-state index in [2.05, 4.69) is 28.5 Å². The standard InChI is InChI=1S/C33H41F2N3O2/c1-24(2)26-11-12-27(33(39)31(21-26)40-20-8-15-36(3)4)23-37-16-18-38(19-17-37)32(25-9-6-5-7-10-25)29-14-13-28(34)22-30(29)35/h5-7,9-14,21-22,24,32H,8,15-20,23H2,1-4H3. The van der Waals surface area contributed by atoms with Crippen molar-refractivity contribution < 1.29 is 13.5 Å². The minimum Gasteiger partial charge on any atom is -0.489 e. The topological polar surface area (TPSA) is 36.0 Å². The Labute approximate surface area is 237 Å². The first-order chi connectivity index (χ1) is 19.2. The highest BCUT2D eigenvalue weighted by Crippen LogP contribution is 2.32. The van der Waals surface area contributed by atoms with Gasteiger partial charge in [-0.05, 0) is 49.7 Å². The molecular formula is C33H41F2N3O2. The lowest BCUT2D eigenvalue weighted by atomic mass is 9.95. The van der Waals surface area contributed by atoms with Crippen LogP contribution in [0, 0.1) is 11.6 Å². The lowest BCUT2D eigenvalue weighted by Gasteiger charge is -2.39. The van der Waals surface area contributed by atoms with Gasteiger partial charge in [-0.3, -0.25) is 14.6 Å². The molecular weight excluding hydrogens is 508 g/mol. The van der Waals surface area contributed by atoms with Gasteiger partial charge >= 0.3 is 0 Å². The maximum atomic E-state index is 14.9. The largest absolute Gasteiger partial charge is 0.489 e. The quantitative estimate of drug-likeness (QED) is 0.288. The fraction of sp³-hybridized carbons (Fsp3) is 0.424. The molecule has 1 saturated heterocycles. The fourth-order valence-corrected chi connectivity index (χ4v) is 5.22. The second kappa shape index (κ2) is 14.0. The number of halogens is 2. The molecule has 7 heteroatoms. The molecule has 0 bridgehead atoms. The Morgan fingerprint density at radius 2 is 1.62 bits per heavy atom. The van der Waals surface area contributed by atoms with Crippen LogP contribution in [-0.2, 0) is 6.54 Å². The highest BCUT2D eigenvalue weighted by atomic mass is 19.1. The number of nitrogens with zero attached hydrogens (tertiary/aromatic N) is 3. The van der Waals surface area contributed by atoms with Gasteiger partial charge in [0.25, 0.3) is 0 Å². The number of benzene rings is 2. The molecule has 0 saturated carbocycles. The zero-order valence-electron chi connectivity index (χ0n) is 24.1. The Bertz CT molecular complexity index is 1310. The van der Waals surface area contributed by atoms with Crippen LogP contribution in [0.25, 0.3) is 0 Å².